The van der Waals surface area contributed by atoms with Crippen LogP contribution in [0, 0.1) is 0 Å². The maximum Gasteiger partial charge on any atom is 0.225 e. The van der Waals surface area contributed by atoms with Crippen molar-refractivity contribution in [2.24, 2.45) is 0 Å². The molecule has 8 heteroatoms. The quantitative estimate of drug-likeness (QED) is 0.874. The number of rotatable bonds is 4. The van der Waals surface area contributed by atoms with E-state index < -0.39 is 0 Å². The Kier molecular flexibility index (Phi) is 6.92. The highest BCUT2D eigenvalue weighted by Crippen LogP contribution is 2.25. The Morgan fingerprint density at radius 1 is 1.33 bits per heavy atom. The zero-order valence-electron chi connectivity index (χ0n) is 13.0. The SMILES string of the molecule is Cl.O=C(CCn1cc(Cl)cn1)N1CCNCC1c1cccc(Cl)c1. The minimum absolute atomic E-state index is 0. The van der Waals surface area contributed by atoms with Gasteiger partial charge in [0.1, 0.15) is 0 Å². The summed E-state index contributed by atoms with van der Waals surface area (Å²) < 4.78 is 1.69. The highest BCUT2D eigenvalue weighted by molar-refractivity contribution is 6.30. The Morgan fingerprint density at radius 2 is 2.17 bits per heavy atom. The molecule has 1 aliphatic heterocycles. The molecular formula is C16H19Cl3N4O. The predicted octanol–water partition coefficient (Wildman–Crippen LogP) is 3.17. The molecule has 2 heterocycles. The van der Waals surface area contributed by atoms with Gasteiger partial charge in [-0.2, -0.15) is 5.10 Å². The number of benzene rings is 1. The van der Waals surface area contributed by atoms with Crippen molar-refractivity contribution < 1.29 is 4.79 Å². The van der Waals surface area contributed by atoms with Gasteiger partial charge in [-0.05, 0) is 17.7 Å². The summed E-state index contributed by atoms with van der Waals surface area (Å²) >= 11 is 11.9. The van der Waals surface area contributed by atoms with Crippen LogP contribution >= 0.6 is 35.6 Å². The first kappa shape index (κ1) is 19.1. The van der Waals surface area contributed by atoms with Gasteiger partial charge in [-0.25, -0.2) is 0 Å². The highest BCUT2D eigenvalue weighted by Gasteiger charge is 2.27. The summed E-state index contributed by atoms with van der Waals surface area (Å²) in [6.45, 7) is 2.75. The lowest BCUT2D eigenvalue weighted by Crippen LogP contribution is -2.48. The Labute approximate surface area is 157 Å². The Hall–Kier alpha value is -1.27. The van der Waals surface area contributed by atoms with Crippen LogP contribution in [0.5, 0.6) is 0 Å². The predicted molar refractivity (Wildman–Crippen MR) is 97.9 cm³/mol. The van der Waals surface area contributed by atoms with Gasteiger partial charge in [-0.3, -0.25) is 9.48 Å². The molecule has 1 unspecified atom stereocenters. The molecule has 5 nitrogen and oxygen atoms in total. The minimum atomic E-state index is 0. The van der Waals surface area contributed by atoms with E-state index in [1.54, 1.807) is 17.1 Å². The third kappa shape index (κ3) is 4.63. The van der Waals surface area contributed by atoms with Crippen molar-refractivity contribution in [1.82, 2.24) is 20.0 Å². The molecular weight excluding hydrogens is 371 g/mol. The maximum absolute atomic E-state index is 12.6. The van der Waals surface area contributed by atoms with E-state index >= 15 is 0 Å². The van der Waals surface area contributed by atoms with Crippen LogP contribution < -0.4 is 5.32 Å². The van der Waals surface area contributed by atoms with Crippen LogP contribution in [0.1, 0.15) is 18.0 Å². The zero-order valence-corrected chi connectivity index (χ0v) is 15.3. The van der Waals surface area contributed by atoms with Crippen LogP contribution in [0.25, 0.3) is 0 Å². The lowest BCUT2D eigenvalue weighted by molar-refractivity contribution is -0.134. The summed E-state index contributed by atoms with van der Waals surface area (Å²) in [5.41, 5.74) is 1.06. The molecule has 0 saturated carbocycles. The van der Waals surface area contributed by atoms with Gasteiger partial charge in [0.15, 0.2) is 0 Å². The van der Waals surface area contributed by atoms with Gasteiger partial charge in [0.25, 0.3) is 0 Å². The Morgan fingerprint density at radius 3 is 2.88 bits per heavy atom. The summed E-state index contributed by atoms with van der Waals surface area (Å²) in [6.07, 6.45) is 3.70. The largest absolute Gasteiger partial charge is 0.333 e. The van der Waals surface area contributed by atoms with E-state index in [2.05, 4.69) is 10.4 Å². The van der Waals surface area contributed by atoms with Crippen LogP contribution in [-0.2, 0) is 11.3 Å². The number of hydrogen-bond acceptors (Lipinski definition) is 3. The topological polar surface area (TPSA) is 50.2 Å². The lowest BCUT2D eigenvalue weighted by atomic mass is 10.0. The van der Waals surface area contributed by atoms with E-state index in [0.717, 1.165) is 18.7 Å². The molecule has 1 saturated heterocycles. The monoisotopic (exact) mass is 388 g/mol. The molecule has 1 N–H and O–H groups in total. The summed E-state index contributed by atoms with van der Waals surface area (Å²) in [7, 11) is 0. The Bertz CT molecular complexity index is 691. The molecule has 0 aliphatic carbocycles. The standard InChI is InChI=1S/C16H18Cl2N4O.ClH/c17-13-3-1-2-12(8-13)15-10-19-5-7-22(15)16(23)4-6-21-11-14(18)9-20-21;/h1-3,8-9,11,15,19H,4-7,10H2;1H. The van der Waals surface area contributed by atoms with Crippen molar-refractivity contribution in [2.75, 3.05) is 19.6 Å². The van der Waals surface area contributed by atoms with E-state index in [9.17, 15) is 4.79 Å². The number of carbonyl (C=O) groups excluding carboxylic acids is 1. The Balaban J connectivity index is 0.00000208. The first-order chi connectivity index (χ1) is 11.1. The summed E-state index contributed by atoms with van der Waals surface area (Å²) in [6, 6.07) is 7.70. The van der Waals surface area contributed by atoms with Crippen molar-refractivity contribution in [3.05, 3.63) is 52.3 Å². The average Bonchev–Trinajstić information content (AvgIpc) is 2.98. The molecule has 1 aliphatic rings. The normalized spacial score (nSPS) is 17.4. The van der Waals surface area contributed by atoms with E-state index in [4.69, 9.17) is 23.2 Å². The van der Waals surface area contributed by atoms with Gasteiger partial charge < -0.3 is 10.2 Å². The molecule has 1 aromatic heterocycles. The van der Waals surface area contributed by atoms with Crippen molar-refractivity contribution in [1.29, 1.82) is 0 Å². The summed E-state index contributed by atoms with van der Waals surface area (Å²) in [4.78, 5) is 14.6. The molecule has 0 spiro atoms. The number of nitrogens with one attached hydrogen (secondary N) is 1. The van der Waals surface area contributed by atoms with E-state index in [1.807, 2.05) is 29.2 Å². The second kappa shape index (κ2) is 8.72. The lowest BCUT2D eigenvalue weighted by Gasteiger charge is -2.36. The van der Waals surface area contributed by atoms with Crippen LogP contribution in [0.2, 0.25) is 10.0 Å². The van der Waals surface area contributed by atoms with Crippen molar-refractivity contribution in [3.8, 4) is 0 Å². The molecule has 0 radical (unpaired) electrons. The van der Waals surface area contributed by atoms with Crippen molar-refractivity contribution in [2.45, 2.75) is 19.0 Å². The van der Waals surface area contributed by atoms with Crippen LogP contribution in [0.4, 0.5) is 0 Å². The number of aromatic nitrogens is 2. The summed E-state index contributed by atoms with van der Waals surface area (Å²) in [5, 5.41) is 8.72. The number of nitrogens with zero attached hydrogens (tertiary/aromatic N) is 3. The second-order valence-electron chi connectivity index (χ2n) is 5.53. The average molecular weight is 390 g/mol. The van der Waals surface area contributed by atoms with Gasteiger partial charge in [0.2, 0.25) is 5.91 Å². The van der Waals surface area contributed by atoms with E-state index in [0.29, 0.717) is 29.6 Å². The van der Waals surface area contributed by atoms with E-state index in [-0.39, 0.29) is 24.4 Å². The van der Waals surface area contributed by atoms with Gasteiger partial charge in [0, 0.05) is 43.8 Å². The van der Waals surface area contributed by atoms with Gasteiger partial charge in [0.05, 0.1) is 17.3 Å². The number of hydrogen-bond donors (Lipinski definition) is 1. The zero-order chi connectivity index (χ0) is 16.2. The fraction of sp³-hybridized carbons (Fsp3) is 0.375. The van der Waals surface area contributed by atoms with Gasteiger partial charge in [-0.1, -0.05) is 35.3 Å². The highest BCUT2D eigenvalue weighted by atomic mass is 35.5. The number of aryl methyl sites for hydroxylation is 1. The van der Waals surface area contributed by atoms with Gasteiger partial charge in [-0.15, -0.1) is 12.4 Å². The summed E-state index contributed by atoms with van der Waals surface area (Å²) in [5.74, 6) is 0.114. The molecule has 1 fully saturated rings. The van der Waals surface area contributed by atoms with Crippen molar-refractivity contribution >= 4 is 41.5 Å². The maximum atomic E-state index is 12.6. The second-order valence-corrected chi connectivity index (χ2v) is 6.41. The molecule has 2 aromatic rings. The first-order valence-electron chi connectivity index (χ1n) is 7.57. The number of amides is 1. The molecule has 1 aromatic carbocycles. The molecule has 1 amide bonds. The molecule has 0 bridgehead atoms. The fourth-order valence-corrected chi connectivity index (χ4v) is 3.18. The number of piperazine rings is 1. The van der Waals surface area contributed by atoms with E-state index in [1.165, 1.54) is 0 Å². The molecule has 1 atom stereocenters. The third-order valence-electron chi connectivity index (χ3n) is 3.95. The van der Waals surface area contributed by atoms with Crippen molar-refractivity contribution in [3.63, 3.8) is 0 Å². The van der Waals surface area contributed by atoms with Crippen LogP contribution in [-0.4, -0.2) is 40.2 Å². The molecule has 24 heavy (non-hydrogen) atoms. The fourth-order valence-electron chi connectivity index (χ4n) is 2.83. The molecule has 3 rings (SSSR count). The third-order valence-corrected chi connectivity index (χ3v) is 4.38. The number of carbonyl (C=O) groups is 1. The number of halogens is 3. The minimum Gasteiger partial charge on any atom is -0.333 e. The smallest absolute Gasteiger partial charge is 0.225 e. The van der Waals surface area contributed by atoms with Crippen LogP contribution in [0.15, 0.2) is 36.7 Å². The van der Waals surface area contributed by atoms with Crippen LogP contribution in [0.3, 0.4) is 0 Å². The first-order valence-corrected chi connectivity index (χ1v) is 8.32. The molecule has 130 valence electrons. The van der Waals surface area contributed by atoms with Gasteiger partial charge >= 0.3 is 0 Å².